The zero-order chi connectivity index (χ0) is 13.6. The molecule has 2 amide bonds. The molecule has 0 aliphatic carbocycles. The summed E-state index contributed by atoms with van der Waals surface area (Å²) in [6.45, 7) is 3.82. The second-order valence-corrected chi connectivity index (χ2v) is 4.36. The number of rotatable bonds is 6. The lowest BCUT2D eigenvalue weighted by Gasteiger charge is -2.23. The van der Waals surface area contributed by atoms with Crippen LogP contribution in [0.15, 0.2) is 12.4 Å². The van der Waals surface area contributed by atoms with Gasteiger partial charge in [0.2, 0.25) is 0 Å². The minimum atomic E-state index is -0.938. The summed E-state index contributed by atoms with van der Waals surface area (Å²) in [5.41, 5.74) is -0.0888. The van der Waals surface area contributed by atoms with Gasteiger partial charge in [-0.15, -0.1) is 0 Å². The number of carboxylic acids is 1. The van der Waals surface area contributed by atoms with Crippen LogP contribution in [0, 0.1) is 5.41 Å². The molecular weight excluding hydrogens is 236 g/mol. The fourth-order valence-corrected chi connectivity index (χ4v) is 1.25. The maximum Gasteiger partial charge on any atom is 0.315 e. The van der Waals surface area contributed by atoms with Crippen molar-refractivity contribution in [1.82, 2.24) is 20.8 Å². The molecule has 1 heterocycles. The molecule has 0 aliphatic rings. The predicted molar refractivity (Wildman–Crippen MR) is 64.9 cm³/mol. The molecule has 1 unspecified atom stereocenters. The Morgan fingerprint density at radius 1 is 1.50 bits per heavy atom. The SMILES string of the molecule is CCC(C)(CNC(=O)NCc1cn[nH]c1)C(=O)O. The number of aliphatic carboxylic acids is 1. The van der Waals surface area contributed by atoms with E-state index in [1.54, 1.807) is 26.2 Å². The Morgan fingerprint density at radius 3 is 2.72 bits per heavy atom. The van der Waals surface area contributed by atoms with E-state index in [1.807, 2.05) is 0 Å². The molecule has 100 valence electrons. The topological polar surface area (TPSA) is 107 Å². The highest BCUT2D eigenvalue weighted by Gasteiger charge is 2.31. The number of carbonyl (C=O) groups excluding carboxylic acids is 1. The average Bonchev–Trinajstić information content (AvgIpc) is 2.86. The van der Waals surface area contributed by atoms with Crippen molar-refractivity contribution in [1.29, 1.82) is 0 Å². The second-order valence-electron chi connectivity index (χ2n) is 4.36. The summed E-state index contributed by atoms with van der Waals surface area (Å²) in [5.74, 6) is -0.917. The highest BCUT2D eigenvalue weighted by Crippen LogP contribution is 2.19. The number of aromatic amines is 1. The van der Waals surface area contributed by atoms with Gasteiger partial charge in [-0.1, -0.05) is 6.92 Å². The Balaban J connectivity index is 2.34. The first kappa shape index (κ1) is 14.0. The van der Waals surface area contributed by atoms with Crippen LogP contribution in [0.2, 0.25) is 0 Å². The lowest BCUT2D eigenvalue weighted by molar-refractivity contribution is -0.147. The zero-order valence-corrected chi connectivity index (χ0v) is 10.5. The van der Waals surface area contributed by atoms with Gasteiger partial charge in [0, 0.05) is 24.8 Å². The third-order valence-corrected chi connectivity index (χ3v) is 2.94. The van der Waals surface area contributed by atoms with Crippen molar-refractivity contribution in [3.05, 3.63) is 18.0 Å². The van der Waals surface area contributed by atoms with Crippen LogP contribution >= 0.6 is 0 Å². The van der Waals surface area contributed by atoms with Gasteiger partial charge >= 0.3 is 12.0 Å². The van der Waals surface area contributed by atoms with E-state index >= 15 is 0 Å². The molecule has 18 heavy (non-hydrogen) atoms. The van der Waals surface area contributed by atoms with E-state index < -0.39 is 17.4 Å². The third kappa shape index (κ3) is 3.76. The number of urea groups is 1. The summed E-state index contributed by atoms with van der Waals surface area (Å²) in [4.78, 5) is 22.5. The molecule has 1 aromatic rings. The summed E-state index contributed by atoms with van der Waals surface area (Å²) < 4.78 is 0. The van der Waals surface area contributed by atoms with Crippen molar-refractivity contribution in [3.8, 4) is 0 Å². The predicted octanol–water partition coefficient (Wildman–Crippen LogP) is 0.710. The van der Waals surface area contributed by atoms with Crippen LogP contribution in [-0.4, -0.2) is 33.8 Å². The second kappa shape index (κ2) is 6.04. The number of nitrogens with zero attached hydrogens (tertiary/aromatic N) is 1. The van der Waals surface area contributed by atoms with E-state index in [4.69, 9.17) is 5.11 Å². The molecule has 7 heteroatoms. The smallest absolute Gasteiger partial charge is 0.315 e. The van der Waals surface area contributed by atoms with Crippen molar-refractivity contribution in [2.24, 2.45) is 5.41 Å². The van der Waals surface area contributed by atoms with Gasteiger partial charge in [-0.3, -0.25) is 9.89 Å². The minimum absolute atomic E-state index is 0.0933. The Kier molecular flexibility index (Phi) is 4.70. The summed E-state index contributed by atoms with van der Waals surface area (Å²) in [5, 5.41) is 20.6. The summed E-state index contributed by atoms with van der Waals surface area (Å²) in [6, 6.07) is -0.392. The Morgan fingerprint density at radius 2 is 2.22 bits per heavy atom. The standard InChI is InChI=1S/C11H18N4O3/c1-3-11(2,9(16)17)7-13-10(18)12-4-8-5-14-15-6-8/h5-6H,3-4,7H2,1-2H3,(H,14,15)(H,16,17)(H2,12,13,18). The molecule has 0 saturated heterocycles. The highest BCUT2D eigenvalue weighted by atomic mass is 16.4. The average molecular weight is 254 g/mol. The molecule has 0 radical (unpaired) electrons. The van der Waals surface area contributed by atoms with E-state index in [2.05, 4.69) is 20.8 Å². The number of nitrogens with one attached hydrogen (secondary N) is 3. The summed E-state index contributed by atoms with van der Waals surface area (Å²) in [6.07, 6.45) is 3.73. The van der Waals surface area contributed by atoms with Crippen LogP contribution in [0.5, 0.6) is 0 Å². The Hall–Kier alpha value is -2.05. The largest absolute Gasteiger partial charge is 0.481 e. The van der Waals surface area contributed by atoms with Crippen LogP contribution in [0.4, 0.5) is 4.79 Å². The molecule has 0 aromatic carbocycles. The Labute approximate surface area is 105 Å². The van der Waals surface area contributed by atoms with Gasteiger partial charge in [-0.2, -0.15) is 5.10 Å². The van der Waals surface area contributed by atoms with Crippen molar-refractivity contribution >= 4 is 12.0 Å². The lowest BCUT2D eigenvalue weighted by atomic mass is 9.88. The van der Waals surface area contributed by atoms with Crippen LogP contribution in [0.25, 0.3) is 0 Å². The molecular formula is C11H18N4O3. The molecule has 0 bridgehead atoms. The molecule has 1 rings (SSSR count). The van der Waals surface area contributed by atoms with Crippen molar-refractivity contribution in [2.75, 3.05) is 6.54 Å². The lowest BCUT2D eigenvalue weighted by Crippen LogP contribution is -2.44. The number of hydrogen-bond acceptors (Lipinski definition) is 3. The number of amides is 2. The van der Waals surface area contributed by atoms with E-state index in [1.165, 1.54) is 0 Å². The Bertz CT molecular complexity index is 404. The molecule has 0 spiro atoms. The van der Waals surface area contributed by atoms with Gasteiger partial charge in [0.25, 0.3) is 0 Å². The number of carboxylic acid groups (broad SMARTS) is 1. The summed E-state index contributed by atoms with van der Waals surface area (Å²) >= 11 is 0. The molecule has 7 nitrogen and oxygen atoms in total. The number of aromatic nitrogens is 2. The monoisotopic (exact) mass is 254 g/mol. The van der Waals surface area contributed by atoms with Crippen LogP contribution in [0.3, 0.4) is 0 Å². The van der Waals surface area contributed by atoms with Crippen LogP contribution < -0.4 is 10.6 Å². The maximum atomic E-state index is 11.5. The first-order valence-corrected chi connectivity index (χ1v) is 5.70. The van der Waals surface area contributed by atoms with Gasteiger partial charge in [-0.05, 0) is 13.3 Å². The molecule has 1 atom stereocenters. The van der Waals surface area contributed by atoms with Crippen molar-refractivity contribution < 1.29 is 14.7 Å². The van der Waals surface area contributed by atoms with Crippen LogP contribution in [0.1, 0.15) is 25.8 Å². The normalized spacial score (nSPS) is 13.7. The quantitative estimate of drug-likeness (QED) is 0.599. The first-order valence-electron chi connectivity index (χ1n) is 5.70. The molecule has 0 saturated carbocycles. The van der Waals surface area contributed by atoms with E-state index in [0.717, 1.165) is 5.56 Å². The third-order valence-electron chi connectivity index (χ3n) is 2.94. The molecule has 0 fully saturated rings. The summed E-state index contributed by atoms with van der Waals surface area (Å²) in [7, 11) is 0. The molecule has 4 N–H and O–H groups in total. The minimum Gasteiger partial charge on any atom is -0.481 e. The number of H-pyrrole nitrogens is 1. The fourth-order valence-electron chi connectivity index (χ4n) is 1.25. The van der Waals surface area contributed by atoms with Gasteiger partial charge in [0.15, 0.2) is 0 Å². The van der Waals surface area contributed by atoms with Crippen LogP contribution in [-0.2, 0) is 11.3 Å². The maximum absolute atomic E-state index is 11.5. The number of carbonyl (C=O) groups is 2. The van der Waals surface area contributed by atoms with Gasteiger partial charge in [-0.25, -0.2) is 4.79 Å². The zero-order valence-electron chi connectivity index (χ0n) is 10.5. The first-order chi connectivity index (χ1) is 8.48. The van der Waals surface area contributed by atoms with E-state index in [0.29, 0.717) is 13.0 Å². The van der Waals surface area contributed by atoms with Crippen molar-refractivity contribution in [2.45, 2.75) is 26.8 Å². The highest BCUT2D eigenvalue weighted by molar-refractivity contribution is 5.77. The van der Waals surface area contributed by atoms with Gasteiger partial charge < -0.3 is 15.7 Å². The van der Waals surface area contributed by atoms with E-state index in [-0.39, 0.29) is 6.54 Å². The fraction of sp³-hybridized carbons (Fsp3) is 0.545. The molecule has 1 aromatic heterocycles. The van der Waals surface area contributed by atoms with E-state index in [9.17, 15) is 9.59 Å². The van der Waals surface area contributed by atoms with Gasteiger partial charge in [0.1, 0.15) is 0 Å². The molecule has 0 aliphatic heterocycles. The van der Waals surface area contributed by atoms with Crippen molar-refractivity contribution in [3.63, 3.8) is 0 Å². The number of hydrogen-bond donors (Lipinski definition) is 4. The van der Waals surface area contributed by atoms with Gasteiger partial charge in [0.05, 0.1) is 11.6 Å².